The predicted octanol–water partition coefficient (Wildman–Crippen LogP) is -1.66. The van der Waals surface area contributed by atoms with Crippen molar-refractivity contribution in [3.8, 4) is 0 Å². The molecule has 5 heteroatoms. The van der Waals surface area contributed by atoms with Crippen LogP contribution in [-0.2, 0) is 9.84 Å². The smallest absolute Gasteiger partial charge is 0.161 e. The molecule has 11 heavy (non-hydrogen) atoms. The minimum atomic E-state index is -2.79. The molecule has 0 radical (unpaired) electrons. The molecule has 4 nitrogen and oxygen atoms in total. The molecule has 0 aromatic heterocycles. The van der Waals surface area contributed by atoms with Crippen LogP contribution in [0.25, 0.3) is 0 Å². The Kier molecular flexibility index (Phi) is 1.66. The molecule has 2 rings (SSSR count). The average Bonchev–Trinajstić information content (AvgIpc) is 1.82. The molecule has 2 aliphatic heterocycles. The summed E-state index contributed by atoms with van der Waals surface area (Å²) in [4.78, 5) is 0. The number of sulfone groups is 1. The molecular formula is C6H12N2O2S. The molecule has 64 valence electrons. The van der Waals surface area contributed by atoms with Crippen LogP contribution in [0, 0.1) is 0 Å². The van der Waals surface area contributed by atoms with Gasteiger partial charge < -0.3 is 10.6 Å². The highest BCUT2D eigenvalue weighted by molar-refractivity contribution is 7.92. The van der Waals surface area contributed by atoms with E-state index in [1.54, 1.807) is 0 Å². The Labute approximate surface area is 66.3 Å². The molecule has 0 amide bonds. The van der Waals surface area contributed by atoms with Gasteiger partial charge in [0.05, 0.1) is 10.5 Å². The molecule has 2 fully saturated rings. The van der Waals surface area contributed by atoms with Crippen LogP contribution < -0.4 is 10.6 Å². The van der Waals surface area contributed by atoms with Gasteiger partial charge in [0.15, 0.2) is 9.84 Å². The molecule has 0 aromatic rings. The first kappa shape index (κ1) is 7.52. The lowest BCUT2D eigenvalue weighted by molar-refractivity contribution is 0.454. The van der Waals surface area contributed by atoms with Gasteiger partial charge in [-0.05, 0) is 0 Å². The van der Waals surface area contributed by atoms with Crippen molar-refractivity contribution in [2.45, 2.75) is 10.5 Å². The standard InChI is InChI=1S/C6H12N2O2S/c9-11(10)5-1-7-3-6(11)4-8-2-5/h5-8H,1-4H2. The zero-order chi connectivity index (χ0) is 7.90. The van der Waals surface area contributed by atoms with Gasteiger partial charge in [0.2, 0.25) is 0 Å². The van der Waals surface area contributed by atoms with E-state index in [9.17, 15) is 8.42 Å². The summed E-state index contributed by atoms with van der Waals surface area (Å²) in [6.07, 6.45) is 0. The fraction of sp³-hybridized carbons (Fsp3) is 1.00. The summed E-state index contributed by atoms with van der Waals surface area (Å²) in [5.74, 6) is 0. The maximum absolute atomic E-state index is 11.5. The van der Waals surface area contributed by atoms with Crippen LogP contribution in [0.2, 0.25) is 0 Å². The third kappa shape index (κ3) is 1.07. The molecular weight excluding hydrogens is 164 g/mol. The highest BCUT2D eigenvalue weighted by Crippen LogP contribution is 2.15. The molecule has 2 saturated heterocycles. The number of nitrogens with one attached hydrogen (secondary N) is 2. The first-order valence-corrected chi connectivity index (χ1v) is 5.46. The minimum absolute atomic E-state index is 0.185. The SMILES string of the molecule is O=S1(=O)C2CNCC1CNC2. The lowest BCUT2D eigenvalue weighted by Crippen LogP contribution is -2.61. The monoisotopic (exact) mass is 176 g/mol. The second-order valence-electron chi connectivity index (χ2n) is 3.15. The lowest BCUT2D eigenvalue weighted by atomic mass is 10.3. The number of fused-ring (bicyclic) bond motifs is 2. The Morgan fingerprint density at radius 1 is 0.909 bits per heavy atom. The van der Waals surface area contributed by atoms with Crippen molar-refractivity contribution in [3.05, 3.63) is 0 Å². The summed E-state index contributed by atoms with van der Waals surface area (Å²) >= 11 is 0. The summed E-state index contributed by atoms with van der Waals surface area (Å²) in [7, 11) is -2.79. The molecule has 0 atom stereocenters. The predicted molar refractivity (Wildman–Crippen MR) is 42.2 cm³/mol. The van der Waals surface area contributed by atoms with E-state index in [2.05, 4.69) is 10.6 Å². The normalized spacial score (nSPS) is 41.8. The van der Waals surface area contributed by atoms with E-state index in [-0.39, 0.29) is 10.5 Å². The van der Waals surface area contributed by atoms with Gasteiger partial charge in [-0.3, -0.25) is 0 Å². The first-order chi connectivity index (χ1) is 5.21. The Hall–Kier alpha value is -0.130. The number of rotatable bonds is 0. The summed E-state index contributed by atoms with van der Waals surface area (Å²) in [5, 5.41) is 5.88. The highest BCUT2D eigenvalue weighted by atomic mass is 32.2. The van der Waals surface area contributed by atoms with Crippen LogP contribution >= 0.6 is 0 Å². The third-order valence-electron chi connectivity index (χ3n) is 2.42. The molecule has 0 unspecified atom stereocenters. The minimum Gasteiger partial charge on any atom is -0.314 e. The van der Waals surface area contributed by atoms with E-state index in [0.29, 0.717) is 26.2 Å². The van der Waals surface area contributed by atoms with Crippen molar-refractivity contribution in [1.29, 1.82) is 0 Å². The van der Waals surface area contributed by atoms with Crippen molar-refractivity contribution in [3.63, 3.8) is 0 Å². The fourth-order valence-electron chi connectivity index (χ4n) is 1.69. The van der Waals surface area contributed by atoms with E-state index in [1.807, 2.05) is 0 Å². The maximum Gasteiger partial charge on any atom is 0.161 e. The molecule has 2 N–H and O–H groups in total. The molecule has 0 spiro atoms. The maximum atomic E-state index is 11.5. The van der Waals surface area contributed by atoms with Gasteiger partial charge in [0.1, 0.15) is 0 Å². The van der Waals surface area contributed by atoms with Gasteiger partial charge in [-0.25, -0.2) is 8.42 Å². The molecule has 2 bridgehead atoms. The number of hydrogen-bond donors (Lipinski definition) is 2. The van der Waals surface area contributed by atoms with Crippen LogP contribution in [0.5, 0.6) is 0 Å². The van der Waals surface area contributed by atoms with Gasteiger partial charge in [0.25, 0.3) is 0 Å². The van der Waals surface area contributed by atoms with E-state index in [1.165, 1.54) is 0 Å². The lowest BCUT2D eigenvalue weighted by Gasteiger charge is -2.35. The van der Waals surface area contributed by atoms with Crippen molar-refractivity contribution in [2.24, 2.45) is 0 Å². The number of hydrogen-bond acceptors (Lipinski definition) is 4. The first-order valence-electron chi connectivity index (χ1n) is 3.85. The fourth-order valence-corrected chi connectivity index (χ4v) is 3.64. The van der Waals surface area contributed by atoms with Crippen LogP contribution in [0.15, 0.2) is 0 Å². The molecule has 2 heterocycles. The summed E-state index contributed by atoms with van der Waals surface area (Å²) < 4.78 is 23.0. The highest BCUT2D eigenvalue weighted by Gasteiger charge is 2.40. The molecule has 0 saturated carbocycles. The Morgan fingerprint density at radius 3 is 1.55 bits per heavy atom. The Morgan fingerprint density at radius 2 is 1.27 bits per heavy atom. The average molecular weight is 176 g/mol. The van der Waals surface area contributed by atoms with E-state index < -0.39 is 9.84 Å². The third-order valence-corrected chi connectivity index (χ3v) is 4.94. The van der Waals surface area contributed by atoms with Crippen LogP contribution in [0.4, 0.5) is 0 Å². The Balaban J connectivity index is 2.32. The van der Waals surface area contributed by atoms with Gasteiger partial charge in [0, 0.05) is 26.2 Å². The van der Waals surface area contributed by atoms with Gasteiger partial charge in [-0.1, -0.05) is 0 Å². The quantitative estimate of drug-likeness (QED) is 0.464. The molecule has 0 aromatic carbocycles. The van der Waals surface area contributed by atoms with Gasteiger partial charge >= 0.3 is 0 Å². The van der Waals surface area contributed by atoms with Crippen molar-refractivity contribution in [2.75, 3.05) is 26.2 Å². The van der Waals surface area contributed by atoms with E-state index in [4.69, 9.17) is 0 Å². The van der Waals surface area contributed by atoms with Gasteiger partial charge in [-0.2, -0.15) is 0 Å². The largest absolute Gasteiger partial charge is 0.314 e. The summed E-state index contributed by atoms with van der Waals surface area (Å²) in [6, 6.07) is 0. The van der Waals surface area contributed by atoms with Crippen molar-refractivity contribution in [1.82, 2.24) is 10.6 Å². The van der Waals surface area contributed by atoms with Gasteiger partial charge in [-0.15, -0.1) is 0 Å². The topological polar surface area (TPSA) is 58.2 Å². The second-order valence-corrected chi connectivity index (χ2v) is 5.66. The zero-order valence-electron chi connectivity index (χ0n) is 6.21. The molecule has 0 aliphatic carbocycles. The molecule has 2 aliphatic rings. The van der Waals surface area contributed by atoms with E-state index in [0.717, 1.165) is 0 Å². The summed E-state index contributed by atoms with van der Waals surface area (Å²) in [6.45, 7) is 2.47. The zero-order valence-corrected chi connectivity index (χ0v) is 7.02. The van der Waals surface area contributed by atoms with Crippen LogP contribution in [-0.4, -0.2) is 45.1 Å². The van der Waals surface area contributed by atoms with Crippen molar-refractivity contribution >= 4 is 9.84 Å². The van der Waals surface area contributed by atoms with E-state index >= 15 is 0 Å². The second kappa shape index (κ2) is 2.43. The Bertz CT molecular complexity index is 221. The van der Waals surface area contributed by atoms with Crippen LogP contribution in [0.1, 0.15) is 0 Å². The summed E-state index contributed by atoms with van der Waals surface area (Å²) in [5.41, 5.74) is 0. The van der Waals surface area contributed by atoms with Crippen molar-refractivity contribution < 1.29 is 8.42 Å². The van der Waals surface area contributed by atoms with Crippen LogP contribution in [0.3, 0.4) is 0 Å².